The van der Waals surface area contributed by atoms with E-state index in [1.54, 1.807) is 0 Å². The second-order valence-corrected chi connectivity index (χ2v) is 5.33. The third-order valence-electron chi connectivity index (χ3n) is 3.68. The predicted molar refractivity (Wildman–Crippen MR) is 79.3 cm³/mol. The Morgan fingerprint density at radius 2 is 1.95 bits per heavy atom. The Hall–Kier alpha value is -2.43. The van der Waals surface area contributed by atoms with Crippen LogP contribution in [-0.2, 0) is 4.84 Å². The van der Waals surface area contributed by atoms with Crippen LogP contribution >= 0.6 is 0 Å². The van der Waals surface area contributed by atoms with Crippen molar-refractivity contribution in [3.63, 3.8) is 0 Å². The van der Waals surface area contributed by atoms with Gasteiger partial charge in [-0.2, -0.15) is 5.10 Å². The topological polar surface area (TPSA) is 56.5 Å². The van der Waals surface area contributed by atoms with Gasteiger partial charge in [0.25, 0.3) is 5.91 Å². The number of carbonyl (C=O) groups excluding carboxylic acids is 1. The van der Waals surface area contributed by atoms with Crippen LogP contribution in [0.2, 0.25) is 0 Å². The highest BCUT2D eigenvalue weighted by Crippen LogP contribution is 2.24. The Labute approximate surface area is 123 Å². The first kappa shape index (κ1) is 13.5. The quantitative estimate of drug-likeness (QED) is 0.851. The number of nitrogens with zero attached hydrogens (tertiary/aromatic N) is 3. The summed E-state index contributed by atoms with van der Waals surface area (Å²) >= 11 is 0. The van der Waals surface area contributed by atoms with E-state index >= 15 is 0 Å². The highest BCUT2D eigenvalue weighted by molar-refractivity contribution is 6.05. The molecular weight excluding hydrogens is 266 g/mol. The molecule has 1 aromatic carbocycles. The van der Waals surface area contributed by atoms with Gasteiger partial charge in [0.2, 0.25) is 6.10 Å². The first-order valence-corrected chi connectivity index (χ1v) is 6.94. The lowest BCUT2D eigenvalue weighted by Crippen LogP contribution is -2.34. The van der Waals surface area contributed by atoms with Gasteiger partial charge in [-0.05, 0) is 25.5 Å². The minimum absolute atomic E-state index is 0.108. The molecule has 0 saturated heterocycles. The van der Waals surface area contributed by atoms with Crippen LogP contribution in [0.3, 0.4) is 0 Å². The third-order valence-corrected chi connectivity index (χ3v) is 3.68. The molecule has 3 rings (SSSR count). The molecule has 5 nitrogen and oxygen atoms in total. The number of carbonyl (C=O) groups is 1. The van der Waals surface area contributed by atoms with Crippen molar-refractivity contribution in [3.05, 3.63) is 53.3 Å². The minimum atomic E-state index is -0.627. The monoisotopic (exact) mass is 283 g/mol. The van der Waals surface area contributed by atoms with Crippen molar-refractivity contribution < 1.29 is 9.63 Å². The molecule has 0 saturated carbocycles. The Kier molecular flexibility index (Phi) is 3.33. The molecular formula is C16H17N3O2. The molecule has 2 aromatic rings. The number of hydrogen-bond donors (Lipinski definition) is 0. The average Bonchev–Trinajstić information content (AvgIpc) is 3.02. The van der Waals surface area contributed by atoms with Gasteiger partial charge >= 0.3 is 0 Å². The molecule has 108 valence electrons. The maximum atomic E-state index is 12.6. The number of oxime groups is 1. The van der Waals surface area contributed by atoms with Crippen LogP contribution in [0.1, 0.15) is 28.7 Å². The number of aromatic nitrogens is 2. The molecule has 1 aliphatic heterocycles. The van der Waals surface area contributed by atoms with E-state index in [0.717, 1.165) is 22.7 Å². The van der Waals surface area contributed by atoms with Crippen LogP contribution < -0.4 is 0 Å². The minimum Gasteiger partial charge on any atom is -0.381 e. The maximum absolute atomic E-state index is 12.6. The van der Waals surface area contributed by atoms with E-state index in [2.05, 4.69) is 10.3 Å². The standard InChI is InChI=1S/C16H17N3O2/c1-10-9-11(2)19(17-10)16(20)15-12(3)14(18-21-15)13-7-5-4-6-8-13/h4-9,12,15H,1-3H3/t12-,15-/m1/s1. The molecule has 0 radical (unpaired) electrons. The van der Waals surface area contributed by atoms with E-state index in [1.165, 1.54) is 4.68 Å². The number of benzene rings is 1. The Morgan fingerprint density at radius 3 is 2.57 bits per heavy atom. The van der Waals surface area contributed by atoms with Gasteiger partial charge in [0.15, 0.2) is 0 Å². The van der Waals surface area contributed by atoms with Crippen molar-refractivity contribution >= 4 is 11.6 Å². The van der Waals surface area contributed by atoms with Gasteiger partial charge in [0, 0.05) is 5.69 Å². The number of aryl methyl sites for hydroxylation is 2. The number of rotatable bonds is 2. The normalized spacial score (nSPS) is 21.0. The van der Waals surface area contributed by atoms with Crippen molar-refractivity contribution in [2.75, 3.05) is 0 Å². The molecule has 5 heteroatoms. The van der Waals surface area contributed by atoms with Crippen molar-refractivity contribution in [2.45, 2.75) is 26.9 Å². The molecule has 0 N–H and O–H groups in total. The summed E-state index contributed by atoms with van der Waals surface area (Å²) in [5.41, 5.74) is 3.40. The molecule has 2 heterocycles. The Morgan fingerprint density at radius 1 is 1.24 bits per heavy atom. The van der Waals surface area contributed by atoms with Crippen molar-refractivity contribution in [3.8, 4) is 0 Å². The van der Waals surface area contributed by atoms with Crippen LogP contribution in [-0.4, -0.2) is 27.5 Å². The summed E-state index contributed by atoms with van der Waals surface area (Å²) in [5, 5.41) is 8.33. The van der Waals surface area contributed by atoms with Gasteiger partial charge in [0.05, 0.1) is 17.3 Å². The predicted octanol–water partition coefficient (Wildman–Crippen LogP) is 2.58. The lowest BCUT2D eigenvalue weighted by atomic mass is 9.94. The zero-order valence-electron chi connectivity index (χ0n) is 12.3. The van der Waals surface area contributed by atoms with Gasteiger partial charge in [-0.15, -0.1) is 0 Å². The first-order chi connectivity index (χ1) is 10.1. The lowest BCUT2D eigenvalue weighted by molar-refractivity contribution is 0.0366. The van der Waals surface area contributed by atoms with Crippen LogP contribution in [0, 0.1) is 19.8 Å². The van der Waals surface area contributed by atoms with Gasteiger partial charge in [-0.1, -0.05) is 42.4 Å². The van der Waals surface area contributed by atoms with E-state index in [-0.39, 0.29) is 11.8 Å². The largest absolute Gasteiger partial charge is 0.381 e. The molecule has 0 spiro atoms. The highest BCUT2D eigenvalue weighted by Gasteiger charge is 2.38. The van der Waals surface area contributed by atoms with E-state index in [1.807, 2.05) is 57.2 Å². The molecule has 1 aromatic heterocycles. The van der Waals surface area contributed by atoms with Gasteiger partial charge in [0.1, 0.15) is 0 Å². The summed E-state index contributed by atoms with van der Waals surface area (Å²) in [4.78, 5) is 18.0. The van der Waals surface area contributed by atoms with Crippen molar-refractivity contribution in [2.24, 2.45) is 11.1 Å². The maximum Gasteiger partial charge on any atom is 0.291 e. The van der Waals surface area contributed by atoms with E-state index in [0.29, 0.717) is 0 Å². The smallest absolute Gasteiger partial charge is 0.291 e. The molecule has 0 unspecified atom stereocenters. The van der Waals surface area contributed by atoms with Crippen LogP contribution in [0.5, 0.6) is 0 Å². The molecule has 2 atom stereocenters. The zero-order valence-corrected chi connectivity index (χ0v) is 12.3. The van der Waals surface area contributed by atoms with E-state index < -0.39 is 6.10 Å². The lowest BCUT2D eigenvalue weighted by Gasteiger charge is -2.14. The van der Waals surface area contributed by atoms with Crippen molar-refractivity contribution in [1.29, 1.82) is 0 Å². The van der Waals surface area contributed by atoms with Crippen LogP contribution in [0.4, 0.5) is 0 Å². The third kappa shape index (κ3) is 2.35. The second-order valence-electron chi connectivity index (χ2n) is 5.33. The summed E-state index contributed by atoms with van der Waals surface area (Å²) < 4.78 is 1.40. The molecule has 0 amide bonds. The average molecular weight is 283 g/mol. The molecule has 0 bridgehead atoms. The highest BCUT2D eigenvalue weighted by atomic mass is 16.6. The number of hydrogen-bond acceptors (Lipinski definition) is 4. The van der Waals surface area contributed by atoms with Crippen molar-refractivity contribution in [1.82, 2.24) is 9.78 Å². The fourth-order valence-corrected chi connectivity index (χ4v) is 2.59. The second kappa shape index (κ2) is 5.16. The van der Waals surface area contributed by atoms with Crippen LogP contribution in [0.25, 0.3) is 0 Å². The first-order valence-electron chi connectivity index (χ1n) is 6.94. The summed E-state index contributed by atoms with van der Waals surface area (Å²) in [6.07, 6.45) is -0.627. The Balaban J connectivity index is 1.84. The molecule has 1 aliphatic rings. The summed E-state index contributed by atoms with van der Waals surface area (Å²) in [7, 11) is 0. The SMILES string of the molecule is Cc1cc(C)n(C(=O)[C@@H]2ON=C(c3ccccc3)[C@H]2C)n1. The summed E-state index contributed by atoms with van der Waals surface area (Å²) in [5.74, 6) is -0.286. The van der Waals surface area contributed by atoms with E-state index in [9.17, 15) is 4.79 Å². The van der Waals surface area contributed by atoms with Crippen LogP contribution in [0.15, 0.2) is 41.6 Å². The summed E-state index contributed by atoms with van der Waals surface area (Å²) in [6, 6.07) is 11.6. The summed E-state index contributed by atoms with van der Waals surface area (Å²) in [6.45, 7) is 5.67. The van der Waals surface area contributed by atoms with Gasteiger partial charge < -0.3 is 4.84 Å². The Bertz CT molecular complexity index is 704. The van der Waals surface area contributed by atoms with Gasteiger partial charge in [-0.25, -0.2) is 4.68 Å². The fourth-order valence-electron chi connectivity index (χ4n) is 2.59. The fraction of sp³-hybridized carbons (Fsp3) is 0.312. The molecule has 0 aliphatic carbocycles. The molecule has 21 heavy (non-hydrogen) atoms. The molecule has 0 fully saturated rings. The van der Waals surface area contributed by atoms with Gasteiger partial charge in [-0.3, -0.25) is 4.79 Å². The van der Waals surface area contributed by atoms with E-state index in [4.69, 9.17) is 4.84 Å². The zero-order chi connectivity index (χ0) is 15.0.